The number of halogens is 2. The van der Waals surface area contributed by atoms with Crippen LogP contribution in [-0.4, -0.2) is 56.2 Å². The van der Waals surface area contributed by atoms with Crippen LogP contribution in [0, 0.1) is 0 Å². The summed E-state index contributed by atoms with van der Waals surface area (Å²) < 4.78 is 5.31. The monoisotopic (exact) mass is 410 g/mol. The fourth-order valence-electron chi connectivity index (χ4n) is 3.50. The minimum Gasteiger partial charge on any atom is -0.497 e. The van der Waals surface area contributed by atoms with E-state index in [1.54, 1.807) is 7.11 Å². The highest BCUT2D eigenvalue weighted by Crippen LogP contribution is 2.14. The molecule has 0 atom stereocenters. The second-order valence-corrected chi connectivity index (χ2v) is 6.87. The van der Waals surface area contributed by atoms with Crippen molar-refractivity contribution in [2.24, 2.45) is 0 Å². The van der Waals surface area contributed by atoms with Crippen LogP contribution in [0.2, 0.25) is 0 Å². The number of benzene rings is 2. The van der Waals surface area contributed by atoms with Gasteiger partial charge in [-0.15, -0.1) is 24.8 Å². The molecule has 2 aromatic rings. The molecule has 0 aliphatic carbocycles. The topological polar surface area (TPSA) is 15.7 Å². The second kappa shape index (κ2) is 13.0. The number of piperazine rings is 1. The third kappa shape index (κ3) is 8.10. The van der Waals surface area contributed by atoms with Crippen LogP contribution in [0.25, 0.3) is 0 Å². The van der Waals surface area contributed by atoms with Crippen LogP contribution in [0.15, 0.2) is 54.6 Å². The minimum absolute atomic E-state index is 0. The van der Waals surface area contributed by atoms with Gasteiger partial charge in [-0.2, -0.15) is 0 Å². The second-order valence-electron chi connectivity index (χ2n) is 6.87. The molecule has 0 unspecified atom stereocenters. The van der Waals surface area contributed by atoms with Gasteiger partial charge >= 0.3 is 0 Å². The van der Waals surface area contributed by atoms with Crippen LogP contribution in [-0.2, 0) is 12.8 Å². The van der Waals surface area contributed by atoms with Crippen molar-refractivity contribution in [3.8, 4) is 5.75 Å². The Bertz CT molecular complexity index is 631. The van der Waals surface area contributed by atoms with E-state index in [9.17, 15) is 0 Å². The molecule has 150 valence electrons. The van der Waals surface area contributed by atoms with E-state index in [1.807, 2.05) is 6.07 Å². The quantitative estimate of drug-likeness (QED) is 0.643. The average Bonchev–Trinajstić information content (AvgIpc) is 2.68. The van der Waals surface area contributed by atoms with Gasteiger partial charge in [0, 0.05) is 32.7 Å². The van der Waals surface area contributed by atoms with Gasteiger partial charge in [0.2, 0.25) is 0 Å². The van der Waals surface area contributed by atoms with Gasteiger partial charge in [-0.05, 0) is 49.1 Å². The lowest BCUT2D eigenvalue weighted by molar-refractivity contribution is 0.132. The fourth-order valence-corrected chi connectivity index (χ4v) is 3.50. The number of hydrogen-bond donors (Lipinski definition) is 0. The Labute approximate surface area is 176 Å². The number of aryl methyl sites for hydroxylation is 1. The summed E-state index contributed by atoms with van der Waals surface area (Å²) in [6.07, 6.45) is 3.55. The molecule has 3 rings (SSSR count). The number of rotatable bonds is 8. The fraction of sp³-hybridized carbons (Fsp3) is 0.455. The third-order valence-corrected chi connectivity index (χ3v) is 5.10. The maximum atomic E-state index is 5.31. The molecule has 0 saturated carbocycles. The normalized spacial score (nSPS) is 14.9. The molecule has 1 saturated heterocycles. The van der Waals surface area contributed by atoms with Crippen LogP contribution in [0.3, 0.4) is 0 Å². The van der Waals surface area contributed by atoms with Crippen molar-refractivity contribution in [3.05, 3.63) is 65.7 Å². The molecule has 0 amide bonds. The van der Waals surface area contributed by atoms with E-state index in [0.29, 0.717) is 0 Å². The zero-order chi connectivity index (χ0) is 17.3. The molecule has 0 N–H and O–H groups in total. The number of nitrogens with zero attached hydrogens (tertiary/aromatic N) is 2. The molecule has 2 aromatic carbocycles. The van der Waals surface area contributed by atoms with Crippen LogP contribution >= 0.6 is 24.8 Å². The average molecular weight is 411 g/mol. The highest BCUT2D eigenvalue weighted by molar-refractivity contribution is 5.85. The highest BCUT2D eigenvalue weighted by Gasteiger charge is 2.16. The first kappa shape index (κ1) is 23.8. The molecule has 0 spiro atoms. The summed E-state index contributed by atoms with van der Waals surface area (Å²) in [5.41, 5.74) is 2.82. The summed E-state index contributed by atoms with van der Waals surface area (Å²) in [6.45, 7) is 7.15. The van der Waals surface area contributed by atoms with E-state index in [4.69, 9.17) is 4.74 Å². The summed E-state index contributed by atoms with van der Waals surface area (Å²) in [5, 5.41) is 0. The number of hydrogen-bond acceptors (Lipinski definition) is 3. The van der Waals surface area contributed by atoms with Crippen molar-refractivity contribution in [1.29, 1.82) is 0 Å². The Hall–Kier alpha value is -1.26. The summed E-state index contributed by atoms with van der Waals surface area (Å²) >= 11 is 0. The Morgan fingerprint density at radius 2 is 1.37 bits per heavy atom. The van der Waals surface area contributed by atoms with Crippen LogP contribution < -0.4 is 4.74 Å². The lowest BCUT2D eigenvalue weighted by Crippen LogP contribution is -2.47. The van der Waals surface area contributed by atoms with Crippen LogP contribution in [0.1, 0.15) is 17.5 Å². The van der Waals surface area contributed by atoms with E-state index in [0.717, 1.165) is 18.7 Å². The Kier molecular flexibility index (Phi) is 11.5. The molecule has 0 bridgehead atoms. The lowest BCUT2D eigenvalue weighted by Gasteiger charge is -2.34. The standard InChI is InChI=1S/C22H30N2O.2ClH/c1-25-22-11-5-9-21(19-22)12-14-24-17-15-23(16-18-24)13-6-10-20-7-3-2-4-8-20;;/h2-5,7-9,11,19H,6,10,12-18H2,1H3;2*1H. The van der Waals surface area contributed by atoms with Crippen molar-refractivity contribution >= 4 is 24.8 Å². The lowest BCUT2D eigenvalue weighted by atomic mass is 10.1. The smallest absolute Gasteiger partial charge is 0.119 e. The van der Waals surface area contributed by atoms with E-state index >= 15 is 0 Å². The van der Waals surface area contributed by atoms with Crippen LogP contribution in [0.4, 0.5) is 0 Å². The van der Waals surface area contributed by atoms with Crippen molar-refractivity contribution in [3.63, 3.8) is 0 Å². The zero-order valence-corrected chi connectivity index (χ0v) is 17.8. The predicted molar refractivity (Wildman–Crippen MR) is 119 cm³/mol. The van der Waals surface area contributed by atoms with Crippen molar-refractivity contribution in [1.82, 2.24) is 9.80 Å². The van der Waals surface area contributed by atoms with Gasteiger partial charge in [0.25, 0.3) is 0 Å². The summed E-state index contributed by atoms with van der Waals surface area (Å²) in [4.78, 5) is 5.21. The molecule has 1 aliphatic rings. The zero-order valence-electron chi connectivity index (χ0n) is 16.2. The first-order valence-corrected chi connectivity index (χ1v) is 9.45. The van der Waals surface area contributed by atoms with Crippen molar-refractivity contribution in [2.75, 3.05) is 46.4 Å². The third-order valence-electron chi connectivity index (χ3n) is 5.10. The molecular formula is C22H32Cl2N2O. The summed E-state index contributed by atoms with van der Waals surface area (Å²) in [6, 6.07) is 19.3. The van der Waals surface area contributed by atoms with Gasteiger partial charge in [-0.1, -0.05) is 42.5 Å². The number of methoxy groups -OCH3 is 1. The molecule has 5 heteroatoms. The molecule has 1 fully saturated rings. The Morgan fingerprint density at radius 1 is 0.741 bits per heavy atom. The molecule has 1 heterocycles. The van der Waals surface area contributed by atoms with Gasteiger partial charge in [-0.25, -0.2) is 0 Å². The van der Waals surface area contributed by atoms with Crippen molar-refractivity contribution in [2.45, 2.75) is 19.3 Å². The Balaban J connectivity index is 0.00000182. The van der Waals surface area contributed by atoms with E-state index in [1.165, 1.54) is 56.7 Å². The molecule has 3 nitrogen and oxygen atoms in total. The summed E-state index contributed by atoms with van der Waals surface area (Å²) in [7, 11) is 1.73. The van der Waals surface area contributed by atoms with Gasteiger partial charge in [0.1, 0.15) is 5.75 Å². The Morgan fingerprint density at radius 3 is 2.04 bits per heavy atom. The van der Waals surface area contributed by atoms with Gasteiger partial charge in [-0.3, -0.25) is 0 Å². The van der Waals surface area contributed by atoms with E-state index in [-0.39, 0.29) is 24.8 Å². The molecule has 0 aromatic heterocycles. The largest absolute Gasteiger partial charge is 0.497 e. The van der Waals surface area contributed by atoms with E-state index in [2.05, 4.69) is 58.3 Å². The first-order valence-electron chi connectivity index (χ1n) is 9.45. The maximum absolute atomic E-state index is 5.31. The highest BCUT2D eigenvalue weighted by atomic mass is 35.5. The van der Waals surface area contributed by atoms with E-state index < -0.39 is 0 Å². The molecule has 27 heavy (non-hydrogen) atoms. The van der Waals surface area contributed by atoms with Gasteiger partial charge in [0.05, 0.1) is 7.11 Å². The van der Waals surface area contributed by atoms with Crippen LogP contribution in [0.5, 0.6) is 5.75 Å². The minimum atomic E-state index is 0. The maximum Gasteiger partial charge on any atom is 0.119 e. The number of ether oxygens (including phenoxy) is 1. The first-order chi connectivity index (χ1) is 12.3. The van der Waals surface area contributed by atoms with Gasteiger partial charge < -0.3 is 14.5 Å². The predicted octanol–water partition coefficient (Wildman–Crippen LogP) is 4.33. The molecular weight excluding hydrogens is 379 g/mol. The summed E-state index contributed by atoms with van der Waals surface area (Å²) in [5.74, 6) is 0.959. The molecule has 0 radical (unpaired) electrons. The SMILES string of the molecule is COc1cccc(CCN2CCN(CCCc3ccccc3)CC2)c1.Cl.Cl. The van der Waals surface area contributed by atoms with Gasteiger partial charge in [0.15, 0.2) is 0 Å². The molecule has 1 aliphatic heterocycles. The van der Waals surface area contributed by atoms with Crippen molar-refractivity contribution < 1.29 is 4.74 Å².